The Labute approximate surface area is 156 Å². The number of benzene rings is 1. The van der Waals surface area contributed by atoms with Crippen molar-refractivity contribution in [2.45, 2.75) is 0 Å². The van der Waals surface area contributed by atoms with E-state index in [1.807, 2.05) is 9.80 Å². The molecule has 10 heteroatoms. The van der Waals surface area contributed by atoms with Crippen molar-refractivity contribution in [1.29, 1.82) is 0 Å². The molecule has 0 saturated carbocycles. The molecule has 1 aromatic carbocycles. The molecule has 2 heterocycles. The van der Waals surface area contributed by atoms with Gasteiger partial charge in [0.05, 0.1) is 24.7 Å². The molecule has 2 aliphatic rings. The summed E-state index contributed by atoms with van der Waals surface area (Å²) in [7, 11) is 0. The number of piperazine rings is 1. The fourth-order valence-corrected chi connectivity index (χ4v) is 3.12. The van der Waals surface area contributed by atoms with Gasteiger partial charge >= 0.3 is 6.03 Å². The van der Waals surface area contributed by atoms with E-state index < -0.39 is 4.92 Å². The molecule has 10 nitrogen and oxygen atoms in total. The third kappa shape index (κ3) is 5.14. The van der Waals surface area contributed by atoms with Gasteiger partial charge in [0, 0.05) is 57.1 Å². The van der Waals surface area contributed by atoms with E-state index in [1.165, 1.54) is 24.3 Å². The van der Waals surface area contributed by atoms with Gasteiger partial charge in [-0.05, 0) is 12.1 Å². The van der Waals surface area contributed by atoms with Gasteiger partial charge < -0.3 is 19.9 Å². The van der Waals surface area contributed by atoms with E-state index in [2.05, 4.69) is 5.32 Å². The number of non-ortho nitro benzene ring substituents is 1. The number of urea groups is 1. The minimum atomic E-state index is -0.483. The Hall–Kier alpha value is -2.72. The summed E-state index contributed by atoms with van der Waals surface area (Å²) in [6, 6.07) is 5.76. The largest absolute Gasteiger partial charge is 0.378 e. The summed E-state index contributed by atoms with van der Waals surface area (Å²) in [5, 5.41) is 13.4. The van der Waals surface area contributed by atoms with Gasteiger partial charge in [-0.3, -0.25) is 19.8 Å². The topological polar surface area (TPSA) is 108 Å². The van der Waals surface area contributed by atoms with E-state index in [9.17, 15) is 19.7 Å². The maximum absolute atomic E-state index is 12.4. The second-order valence-electron chi connectivity index (χ2n) is 6.50. The quantitative estimate of drug-likeness (QED) is 0.608. The van der Waals surface area contributed by atoms with Crippen molar-refractivity contribution in [2.24, 2.45) is 0 Å². The standard InChI is InChI=1S/C17H23N5O5/c23-16(18-14-1-3-15(4-2-14)22(25)26)13-19-5-7-20(8-6-19)17(24)21-9-11-27-12-10-21/h1-4H,5-13H2,(H,18,23). The van der Waals surface area contributed by atoms with Crippen LogP contribution in [0.4, 0.5) is 16.2 Å². The summed E-state index contributed by atoms with van der Waals surface area (Å²) in [6.07, 6.45) is 0. The van der Waals surface area contributed by atoms with E-state index in [-0.39, 0.29) is 24.2 Å². The van der Waals surface area contributed by atoms with Crippen LogP contribution in [0.5, 0.6) is 0 Å². The van der Waals surface area contributed by atoms with Gasteiger partial charge in [-0.15, -0.1) is 0 Å². The minimum Gasteiger partial charge on any atom is -0.378 e. The highest BCUT2D eigenvalue weighted by Gasteiger charge is 2.26. The Balaban J connectivity index is 1.42. The number of nitrogens with zero attached hydrogens (tertiary/aromatic N) is 4. The highest BCUT2D eigenvalue weighted by atomic mass is 16.6. The number of nitro groups is 1. The summed E-state index contributed by atoms with van der Waals surface area (Å²) in [4.78, 5) is 40.4. The average molecular weight is 377 g/mol. The Kier molecular flexibility index (Phi) is 6.20. The number of morpholine rings is 1. The molecule has 0 unspecified atom stereocenters. The van der Waals surface area contributed by atoms with Crippen LogP contribution in [0.3, 0.4) is 0 Å². The summed E-state index contributed by atoms with van der Waals surface area (Å²) in [5.41, 5.74) is 0.501. The molecular weight excluding hydrogens is 354 g/mol. The molecule has 2 aliphatic heterocycles. The number of nitrogens with one attached hydrogen (secondary N) is 1. The Morgan fingerprint density at radius 1 is 1.00 bits per heavy atom. The molecular formula is C17H23N5O5. The second-order valence-corrected chi connectivity index (χ2v) is 6.50. The number of amides is 3. The predicted octanol–water partition coefficient (Wildman–Crippen LogP) is 0.603. The molecule has 146 valence electrons. The number of rotatable bonds is 4. The molecule has 0 aromatic heterocycles. The van der Waals surface area contributed by atoms with Crippen molar-refractivity contribution in [1.82, 2.24) is 14.7 Å². The van der Waals surface area contributed by atoms with Crippen molar-refractivity contribution in [3.63, 3.8) is 0 Å². The summed E-state index contributed by atoms with van der Waals surface area (Å²) in [5.74, 6) is -0.184. The lowest BCUT2D eigenvalue weighted by molar-refractivity contribution is -0.384. The van der Waals surface area contributed by atoms with Crippen LogP contribution in [-0.4, -0.2) is 90.6 Å². The van der Waals surface area contributed by atoms with Crippen molar-refractivity contribution in [3.05, 3.63) is 34.4 Å². The van der Waals surface area contributed by atoms with Crippen LogP contribution < -0.4 is 5.32 Å². The number of carbonyl (C=O) groups excluding carboxylic acids is 2. The maximum Gasteiger partial charge on any atom is 0.320 e. The molecule has 2 fully saturated rings. The zero-order chi connectivity index (χ0) is 19.2. The molecule has 1 N–H and O–H groups in total. The van der Waals surface area contributed by atoms with Gasteiger partial charge in [-0.2, -0.15) is 0 Å². The zero-order valence-corrected chi connectivity index (χ0v) is 15.0. The SMILES string of the molecule is O=C(CN1CCN(C(=O)N2CCOCC2)CC1)Nc1ccc([N+](=O)[O-])cc1. The van der Waals surface area contributed by atoms with Crippen LogP contribution in [-0.2, 0) is 9.53 Å². The number of hydrogen-bond donors (Lipinski definition) is 1. The number of nitro benzene ring substituents is 1. The van der Waals surface area contributed by atoms with Gasteiger partial charge in [0.2, 0.25) is 5.91 Å². The van der Waals surface area contributed by atoms with Crippen LogP contribution >= 0.6 is 0 Å². The third-order valence-corrected chi connectivity index (χ3v) is 4.65. The lowest BCUT2D eigenvalue weighted by Gasteiger charge is -2.38. The van der Waals surface area contributed by atoms with Gasteiger partial charge in [0.1, 0.15) is 0 Å². The smallest absolute Gasteiger partial charge is 0.320 e. The maximum atomic E-state index is 12.4. The molecule has 3 amide bonds. The second kappa shape index (κ2) is 8.78. The van der Waals surface area contributed by atoms with Crippen LogP contribution in [0.1, 0.15) is 0 Å². The van der Waals surface area contributed by atoms with Crippen molar-refractivity contribution in [2.75, 3.05) is 64.3 Å². The molecule has 0 spiro atoms. The van der Waals surface area contributed by atoms with Crippen LogP contribution in [0.2, 0.25) is 0 Å². The molecule has 0 radical (unpaired) electrons. The Morgan fingerprint density at radius 3 is 2.19 bits per heavy atom. The lowest BCUT2D eigenvalue weighted by Crippen LogP contribution is -2.55. The first kappa shape index (κ1) is 19.1. The van der Waals surface area contributed by atoms with E-state index >= 15 is 0 Å². The van der Waals surface area contributed by atoms with E-state index in [1.54, 1.807) is 4.90 Å². The van der Waals surface area contributed by atoms with Gasteiger partial charge in [0.15, 0.2) is 0 Å². The fourth-order valence-electron chi connectivity index (χ4n) is 3.12. The highest BCUT2D eigenvalue weighted by molar-refractivity contribution is 5.92. The third-order valence-electron chi connectivity index (χ3n) is 4.65. The first-order valence-electron chi connectivity index (χ1n) is 8.91. The molecule has 27 heavy (non-hydrogen) atoms. The predicted molar refractivity (Wildman–Crippen MR) is 97.5 cm³/mol. The van der Waals surface area contributed by atoms with Crippen LogP contribution in [0.25, 0.3) is 0 Å². The average Bonchev–Trinajstić information content (AvgIpc) is 2.69. The molecule has 0 atom stereocenters. The lowest BCUT2D eigenvalue weighted by atomic mass is 10.2. The Morgan fingerprint density at radius 2 is 1.59 bits per heavy atom. The summed E-state index contributed by atoms with van der Waals surface area (Å²) < 4.78 is 5.27. The normalized spacial score (nSPS) is 18.2. The number of hydrogen-bond acceptors (Lipinski definition) is 6. The first-order chi connectivity index (χ1) is 13.0. The summed E-state index contributed by atoms with van der Waals surface area (Å²) >= 11 is 0. The van der Waals surface area contributed by atoms with Crippen LogP contribution in [0, 0.1) is 10.1 Å². The van der Waals surface area contributed by atoms with Crippen molar-refractivity contribution in [3.8, 4) is 0 Å². The van der Waals surface area contributed by atoms with Crippen molar-refractivity contribution >= 4 is 23.3 Å². The highest BCUT2D eigenvalue weighted by Crippen LogP contribution is 2.15. The fraction of sp³-hybridized carbons (Fsp3) is 0.529. The number of ether oxygens (including phenoxy) is 1. The van der Waals surface area contributed by atoms with Gasteiger partial charge in [-0.1, -0.05) is 0 Å². The molecule has 0 aliphatic carbocycles. The molecule has 0 bridgehead atoms. The van der Waals surface area contributed by atoms with E-state index in [0.717, 1.165) is 0 Å². The Bertz CT molecular complexity index is 681. The van der Waals surface area contributed by atoms with E-state index in [0.29, 0.717) is 58.2 Å². The van der Waals surface area contributed by atoms with Crippen LogP contribution in [0.15, 0.2) is 24.3 Å². The molecule has 2 saturated heterocycles. The van der Waals surface area contributed by atoms with E-state index in [4.69, 9.17) is 4.74 Å². The molecule has 3 rings (SSSR count). The van der Waals surface area contributed by atoms with Gasteiger partial charge in [-0.25, -0.2) is 4.79 Å². The zero-order valence-electron chi connectivity index (χ0n) is 15.0. The number of carbonyl (C=O) groups is 2. The minimum absolute atomic E-state index is 0.0194. The first-order valence-corrected chi connectivity index (χ1v) is 8.91. The van der Waals surface area contributed by atoms with Crippen molar-refractivity contribution < 1.29 is 19.2 Å². The van der Waals surface area contributed by atoms with Gasteiger partial charge in [0.25, 0.3) is 5.69 Å². The summed E-state index contributed by atoms with van der Waals surface area (Å²) in [6.45, 7) is 5.04. The monoisotopic (exact) mass is 377 g/mol. The molecule has 1 aromatic rings. The number of anilines is 1.